The molecule has 0 aliphatic rings. The predicted molar refractivity (Wildman–Crippen MR) is 88.1 cm³/mol. The van der Waals surface area contributed by atoms with Gasteiger partial charge in [0.25, 0.3) is 5.91 Å². The Labute approximate surface area is 128 Å². The van der Waals surface area contributed by atoms with E-state index in [4.69, 9.17) is 0 Å². The summed E-state index contributed by atoms with van der Waals surface area (Å²) in [5.41, 5.74) is 1.96. The van der Waals surface area contributed by atoms with Crippen molar-refractivity contribution in [3.63, 3.8) is 0 Å². The summed E-state index contributed by atoms with van der Waals surface area (Å²) >= 11 is 0. The average Bonchev–Trinajstić information content (AvgIpc) is 2.33. The van der Waals surface area contributed by atoms with Crippen molar-refractivity contribution in [1.29, 1.82) is 0 Å². The molecule has 1 rings (SSSR count). The minimum Gasteiger partial charge on any atom is -0.507 e. The van der Waals surface area contributed by atoms with Gasteiger partial charge in [-0.15, -0.1) is 0 Å². The zero-order valence-corrected chi connectivity index (χ0v) is 14.4. The molecule has 0 radical (unpaired) electrons. The molecule has 0 spiro atoms. The maximum absolute atomic E-state index is 12.3. The molecule has 0 atom stereocenters. The molecule has 1 aromatic carbocycles. The third-order valence-electron chi connectivity index (χ3n) is 3.56. The molecule has 0 unspecified atom stereocenters. The zero-order valence-electron chi connectivity index (χ0n) is 14.4. The Bertz CT molecular complexity index is 519. The first kappa shape index (κ1) is 17.5. The van der Waals surface area contributed by atoms with Gasteiger partial charge in [-0.1, -0.05) is 54.5 Å². The molecular formula is C18H29NO2. The predicted octanol–water partition coefficient (Wildman–Crippen LogP) is 4.13. The fourth-order valence-corrected chi connectivity index (χ4v) is 2.15. The molecule has 0 bridgehead atoms. The Kier molecular flexibility index (Phi) is 5.08. The van der Waals surface area contributed by atoms with Crippen LogP contribution in [0.1, 0.15) is 76.4 Å². The summed E-state index contributed by atoms with van der Waals surface area (Å²) in [5, 5.41) is 13.4. The number of phenolic OH excluding ortho intramolecular Hbond substituents is 1. The summed E-state index contributed by atoms with van der Waals surface area (Å²) < 4.78 is 0. The van der Waals surface area contributed by atoms with Crippen LogP contribution in [0.5, 0.6) is 5.75 Å². The standard InChI is InChI=1S/C18H29NO2/c1-8-9-19-16(21)13-10-12(17(2,3)4)11-14(15(13)20)18(5,6)7/h10-11,20H,8-9H2,1-7H3,(H,19,21). The smallest absolute Gasteiger partial charge is 0.255 e. The Morgan fingerprint density at radius 2 is 1.67 bits per heavy atom. The fraction of sp³-hybridized carbons (Fsp3) is 0.611. The van der Waals surface area contributed by atoms with E-state index in [1.807, 2.05) is 39.8 Å². The Morgan fingerprint density at radius 3 is 2.10 bits per heavy atom. The molecule has 0 fully saturated rings. The van der Waals surface area contributed by atoms with Crippen LogP contribution in [0.15, 0.2) is 12.1 Å². The molecule has 0 heterocycles. The largest absolute Gasteiger partial charge is 0.507 e. The summed E-state index contributed by atoms with van der Waals surface area (Å²) in [5.74, 6) is -0.102. The molecular weight excluding hydrogens is 262 g/mol. The van der Waals surface area contributed by atoms with Crippen molar-refractivity contribution in [2.75, 3.05) is 6.54 Å². The van der Waals surface area contributed by atoms with E-state index >= 15 is 0 Å². The number of amides is 1. The fourth-order valence-electron chi connectivity index (χ4n) is 2.15. The van der Waals surface area contributed by atoms with E-state index in [9.17, 15) is 9.90 Å². The second-order valence-corrected chi connectivity index (χ2v) is 7.68. The molecule has 0 aromatic heterocycles. The van der Waals surface area contributed by atoms with Crippen LogP contribution in [0, 0.1) is 0 Å². The highest BCUT2D eigenvalue weighted by Gasteiger charge is 2.26. The van der Waals surface area contributed by atoms with Gasteiger partial charge < -0.3 is 10.4 Å². The SMILES string of the molecule is CCCNC(=O)c1cc(C(C)(C)C)cc(C(C)(C)C)c1O. The highest BCUT2D eigenvalue weighted by Crippen LogP contribution is 2.37. The summed E-state index contributed by atoms with van der Waals surface area (Å²) in [6.07, 6.45) is 0.873. The molecule has 2 N–H and O–H groups in total. The molecule has 118 valence electrons. The van der Waals surface area contributed by atoms with Crippen molar-refractivity contribution in [2.24, 2.45) is 0 Å². The van der Waals surface area contributed by atoms with E-state index in [1.165, 1.54) is 0 Å². The van der Waals surface area contributed by atoms with Crippen LogP contribution in [0.3, 0.4) is 0 Å². The van der Waals surface area contributed by atoms with Crippen molar-refractivity contribution in [1.82, 2.24) is 5.32 Å². The van der Waals surface area contributed by atoms with Gasteiger partial charge >= 0.3 is 0 Å². The monoisotopic (exact) mass is 291 g/mol. The topological polar surface area (TPSA) is 49.3 Å². The van der Waals surface area contributed by atoms with E-state index in [2.05, 4.69) is 26.1 Å². The number of phenols is 1. The van der Waals surface area contributed by atoms with Gasteiger partial charge in [0.1, 0.15) is 5.75 Å². The van der Waals surface area contributed by atoms with Gasteiger partial charge in [-0.3, -0.25) is 4.79 Å². The maximum Gasteiger partial charge on any atom is 0.255 e. The van der Waals surface area contributed by atoms with Crippen LogP contribution in [0.25, 0.3) is 0 Å². The summed E-state index contributed by atoms with van der Waals surface area (Å²) in [4.78, 5) is 12.3. The number of aromatic hydroxyl groups is 1. The number of carbonyl (C=O) groups excluding carboxylic acids is 1. The van der Waals surface area contributed by atoms with Gasteiger partial charge in [-0.05, 0) is 28.9 Å². The van der Waals surface area contributed by atoms with Gasteiger partial charge in [0, 0.05) is 12.1 Å². The van der Waals surface area contributed by atoms with E-state index in [-0.39, 0.29) is 22.5 Å². The van der Waals surface area contributed by atoms with Crippen LogP contribution >= 0.6 is 0 Å². The zero-order chi connectivity index (χ0) is 16.4. The minimum absolute atomic E-state index is 0.0759. The molecule has 0 aliphatic carbocycles. The number of hydrogen-bond donors (Lipinski definition) is 2. The first-order valence-electron chi connectivity index (χ1n) is 7.64. The third kappa shape index (κ3) is 4.23. The quantitative estimate of drug-likeness (QED) is 0.880. The van der Waals surface area contributed by atoms with Gasteiger partial charge in [-0.2, -0.15) is 0 Å². The summed E-state index contributed by atoms with van der Waals surface area (Å²) in [7, 11) is 0. The lowest BCUT2D eigenvalue weighted by Gasteiger charge is -2.27. The molecule has 1 aromatic rings. The third-order valence-corrected chi connectivity index (χ3v) is 3.56. The molecule has 0 aliphatic heterocycles. The van der Waals surface area contributed by atoms with Crippen LogP contribution < -0.4 is 5.32 Å². The number of hydrogen-bond acceptors (Lipinski definition) is 2. The Balaban J connectivity index is 3.45. The van der Waals surface area contributed by atoms with Crippen LogP contribution in [0.2, 0.25) is 0 Å². The Hall–Kier alpha value is -1.51. The number of benzene rings is 1. The van der Waals surface area contributed by atoms with Gasteiger partial charge in [0.05, 0.1) is 5.56 Å². The van der Waals surface area contributed by atoms with Crippen molar-refractivity contribution in [3.8, 4) is 5.75 Å². The van der Waals surface area contributed by atoms with Crippen molar-refractivity contribution in [3.05, 3.63) is 28.8 Å². The lowest BCUT2D eigenvalue weighted by atomic mass is 9.79. The van der Waals surface area contributed by atoms with Crippen LogP contribution in [-0.4, -0.2) is 17.6 Å². The minimum atomic E-state index is -0.217. The number of rotatable bonds is 3. The molecule has 3 nitrogen and oxygen atoms in total. The van der Waals surface area contributed by atoms with E-state index < -0.39 is 0 Å². The Morgan fingerprint density at radius 1 is 1.10 bits per heavy atom. The molecule has 0 saturated carbocycles. The van der Waals surface area contributed by atoms with Crippen molar-refractivity contribution in [2.45, 2.75) is 65.7 Å². The second-order valence-electron chi connectivity index (χ2n) is 7.68. The number of carbonyl (C=O) groups is 1. The van der Waals surface area contributed by atoms with Gasteiger partial charge in [-0.25, -0.2) is 0 Å². The summed E-state index contributed by atoms with van der Waals surface area (Å²) in [6.45, 7) is 15.1. The van der Waals surface area contributed by atoms with Crippen molar-refractivity contribution >= 4 is 5.91 Å². The highest BCUT2D eigenvalue weighted by molar-refractivity contribution is 5.97. The lowest BCUT2D eigenvalue weighted by Crippen LogP contribution is -2.26. The normalized spacial score (nSPS) is 12.3. The van der Waals surface area contributed by atoms with E-state index in [0.29, 0.717) is 12.1 Å². The average molecular weight is 291 g/mol. The van der Waals surface area contributed by atoms with Crippen molar-refractivity contribution < 1.29 is 9.90 Å². The lowest BCUT2D eigenvalue weighted by molar-refractivity contribution is 0.0950. The second kappa shape index (κ2) is 6.08. The molecule has 1 amide bonds. The first-order chi connectivity index (χ1) is 9.48. The first-order valence-corrected chi connectivity index (χ1v) is 7.64. The number of nitrogens with one attached hydrogen (secondary N) is 1. The maximum atomic E-state index is 12.3. The van der Waals surface area contributed by atoms with Crippen LogP contribution in [-0.2, 0) is 10.8 Å². The van der Waals surface area contributed by atoms with Crippen LogP contribution in [0.4, 0.5) is 0 Å². The van der Waals surface area contributed by atoms with Gasteiger partial charge in [0.15, 0.2) is 0 Å². The highest BCUT2D eigenvalue weighted by atomic mass is 16.3. The summed E-state index contributed by atoms with van der Waals surface area (Å²) in [6, 6.07) is 3.83. The molecule has 3 heteroatoms. The van der Waals surface area contributed by atoms with Gasteiger partial charge in [0.2, 0.25) is 0 Å². The molecule has 0 saturated heterocycles. The van der Waals surface area contributed by atoms with E-state index in [1.54, 1.807) is 0 Å². The van der Waals surface area contributed by atoms with E-state index in [0.717, 1.165) is 17.5 Å². The molecule has 21 heavy (non-hydrogen) atoms.